The fourth-order valence-corrected chi connectivity index (χ4v) is 3.25. The Kier molecular flexibility index (Phi) is 12.8. The van der Waals surface area contributed by atoms with Crippen molar-refractivity contribution in [1.29, 1.82) is 0 Å². The zero-order valence-electron chi connectivity index (χ0n) is 17.1. The highest BCUT2D eigenvalue weighted by Gasteiger charge is 2.16. The average molecular weight is 502 g/mol. The molecule has 0 spiro atoms. The van der Waals surface area contributed by atoms with Gasteiger partial charge in [0.1, 0.15) is 0 Å². The topological polar surface area (TPSA) is 81.7 Å². The van der Waals surface area contributed by atoms with Gasteiger partial charge in [0.25, 0.3) is 5.91 Å². The van der Waals surface area contributed by atoms with Crippen LogP contribution in [0, 0.1) is 0 Å². The van der Waals surface area contributed by atoms with Gasteiger partial charge in [-0.25, -0.2) is 0 Å². The molecule has 2 rings (SSSR count). The maximum absolute atomic E-state index is 12.0. The van der Waals surface area contributed by atoms with Gasteiger partial charge < -0.3 is 20.9 Å². The number of halogens is 1. The van der Waals surface area contributed by atoms with Crippen LogP contribution in [0.1, 0.15) is 49.9 Å². The Bertz CT molecular complexity index is 583. The normalized spacial score (nSPS) is 17.5. The summed E-state index contributed by atoms with van der Waals surface area (Å²) >= 11 is 0. The van der Waals surface area contributed by atoms with Crippen molar-refractivity contribution < 1.29 is 4.79 Å². The molecule has 1 atom stereocenters. The molecule has 1 fully saturated rings. The van der Waals surface area contributed by atoms with Crippen LogP contribution in [-0.4, -0.2) is 67.1 Å². The Morgan fingerprint density at radius 2 is 2.11 bits per heavy atom. The first kappa shape index (κ1) is 24.6. The fraction of sp³-hybridized carbons (Fsp3) is 0.650. The van der Waals surface area contributed by atoms with Gasteiger partial charge in [-0.15, -0.1) is 24.0 Å². The fourth-order valence-electron chi connectivity index (χ4n) is 3.25. The second-order valence-electron chi connectivity index (χ2n) is 6.92. The van der Waals surface area contributed by atoms with Crippen molar-refractivity contribution in [2.75, 3.05) is 39.3 Å². The molecule has 7 nitrogen and oxygen atoms in total. The predicted octanol–water partition coefficient (Wildman–Crippen LogP) is 2.25. The first-order valence-corrected chi connectivity index (χ1v) is 10.1. The van der Waals surface area contributed by atoms with Gasteiger partial charge in [0.15, 0.2) is 5.96 Å². The summed E-state index contributed by atoms with van der Waals surface area (Å²) in [5, 5.41) is 9.40. The maximum atomic E-state index is 12.0. The zero-order chi connectivity index (χ0) is 19.3. The molecule has 1 saturated heterocycles. The van der Waals surface area contributed by atoms with E-state index in [-0.39, 0.29) is 29.9 Å². The smallest absolute Gasteiger partial charge is 0.252 e. The number of aliphatic imine (C=N–C) groups is 1. The van der Waals surface area contributed by atoms with Gasteiger partial charge in [0.05, 0.1) is 5.56 Å². The summed E-state index contributed by atoms with van der Waals surface area (Å²) in [7, 11) is 0. The van der Waals surface area contributed by atoms with Crippen LogP contribution in [-0.2, 0) is 0 Å². The third-order valence-corrected chi connectivity index (χ3v) is 4.78. The predicted molar refractivity (Wildman–Crippen MR) is 125 cm³/mol. The number of aromatic nitrogens is 1. The molecule has 1 aromatic heterocycles. The molecule has 0 saturated carbocycles. The molecular formula is C20H35IN6O. The van der Waals surface area contributed by atoms with Crippen molar-refractivity contribution in [2.24, 2.45) is 4.99 Å². The molecule has 28 heavy (non-hydrogen) atoms. The zero-order valence-corrected chi connectivity index (χ0v) is 19.4. The minimum Gasteiger partial charge on any atom is -0.357 e. The van der Waals surface area contributed by atoms with Crippen molar-refractivity contribution in [3.05, 3.63) is 30.1 Å². The van der Waals surface area contributed by atoms with E-state index in [4.69, 9.17) is 0 Å². The van der Waals surface area contributed by atoms with E-state index in [9.17, 15) is 4.79 Å². The summed E-state index contributed by atoms with van der Waals surface area (Å²) in [5.41, 5.74) is 0.574. The van der Waals surface area contributed by atoms with E-state index in [0.29, 0.717) is 24.7 Å². The van der Waals surface area contributed by atoms with Crippen LogP contribution >= 0.6 is 24.0 Å². The number of pyridine rings is 1. The van der Waals surface area contributed by atoms with E-state index in [1.165, 1.54) is 25.8 Å². The average Bonchev–Trinajstić information content (AvgIpc) is 2.70. The van der Waals surface area contributed by atoms with Crippen LogP contribution in [0.15, 0.2) is 29.5 Å². The van der Waals surface area contributed by atoms with E-state index in [1.54, 1.807) is 24.5 Å². The SMILES string of the molecule is CCNC(=NCCCN1CCCCC1C)NCCNC(=O)c1cccnc1.I. The van der Waals surface area contributed by atoms with Gasteiger partial charge in [0.2, 0.25) is 0 Å². The summed E-state index contributed by atoms with van der Waals surface area (Å²) in [6.45, 7) is 9.50. The third-order valence-electron chi connectivity index (χ3n) is 4.78. The lowest BCUT2D eigenvalue weighted by atomic mass is 10.0. The number of carbonyl (C=O) groups excluding carboxylic acids is 1. The van der Waals surface area contributed by atoms with Crippen LogP contribution in [0.2, 0.25) is 0 Å². The van der Waals surface area contributed by atoms with Crippen molar-refractivity contribution in [1.82, 2.24) is 25.8 Å². The van der Waals surface area contributed by atoms with Gasteiger partial charge in [-0.3, -0.25) is 14.8 Å². The molecule has 0 aromatic carbocycles. The first-order chi connectivity index (χ1) is 13.2. The number of carbonyl (C=O) groups is 1. The first-order valence-electron chi connectivity index (χ1n) is 10.1. The third kappa shape index (κ3) is 9.18. The Labute approximate surface area is 186 Å². The summed E-state index contributed by atoms with van der Waals surface area (Å²) in [6.07, 6.45) is 8.29. The Morgan fingerprint density at radius 3 is 2.82 bits per heavy atom. The van der Waals surface area contributed by atoms with E-state index in [0.717, 1.165) is 32.0 Å². The van der Waals surface area contributed by atoms with E-state index < -0.39 is 0 Å². The van der Waals surface area contributed by atoms with Crippen LogP contribution in [0.3, 0.4) is 0 Å². The molecule has 0 bridgehead atoms. The molecule has 0 radical (unpaired) electrons. The second kappa shape index (κ2) is 14.6. The molecule has 1 aliphatic heterocycles. The van der Waals surface area contributed by atoms with Crippen molar-refractivity contribution in [2.45, 2.75) is 45.6 Å². The molecule has 1 aromatic rings. The van der Waals surface area contributed by atoms with Crippen LogP contribution in [0.25, 0.3) is 0 Å². The lowest BCUT2D eigenvalue weighted by molar-refractivity contribution is 0.0954. The monoisotopic (exact) mass is 502 g/mol. The highest BCUT2D eigenvalue weighted by molar-refractivity contribution is 14.0. The Hall–Kier alpha value is -1.42. The number of hydrogen-bond acceptors (Lipinski definition) is 4. The van der Waals surface area contributed by atoms with Gasteiger partial charge in [-0.1, -0.05) is 6.42 Å². The van der Waals surface area contributed by atoms with Crippen molar-refractivity contribution >= 4 is 35.8 Å². The van der Waals surface area contributed by atoms with E-state index >= 15 is 0 Å². The number of rotatable bonds is 9. The Morgan fingerprint density at radius 1 is 1.29 bits per heavy atom. The minimum absolute atomic E-state index is 0. The number of hydrogen-bond donors (Lipinski definition) is 3. The summed E-state index contributed by atoms with van der Waals surface area (Å²) in [5.74, 6) is 0.697. The number of guanidine groups is 1. The molecule has 0 aliphatic carbocycles. The van der Waals surface area contributed by atoms with Gasteiger partial charge in [-0.2, -0.15) is 0 Å². The largest absolute Gasteiger partial charge is 0.357 e. The number of nitrogens with one attached hydrogen (secondary N) is 3. The molecule has 2 heterocycles. The lowest BCUT2D eigenvalue weighted by Crippen LogP contribution is -2.42. The quantitative estimate of drug-likeness (QED) is 0.209. The highest BCUT2D eigenvalue weighted by Crippen LogP contribution is 2.16. The van der Waals surface area contributed by atoms with Crippen LogP contribution < -0.4 is 16.0 Å². The molecule has 1 amide bonds. The summed E-state index contributed by atoms with van der Waals surface area (Å²) in [4.78, 5) is 23.2. The minimum atomic E-state index is -0.109. The second-order valence-corrected chi connectivity index (χ2v) is 6.92. The number of amides is 1. The molecule has 3 N–H and O–H groups in total. The van der Waals surface area contributed by atoms with E-state index in [1.807, 2.05) is 0 Å². The van der Waals surface area contributed by atoms with Gasteiger partial charge in [0, 0.05) is 51.2 Å². The summed E-state index contributed by atoms with van der Waals surface area (Å²) < 4.78 is 0. The van der Waals surface area contributed by atoms with Crippen molar-refractivity contribution in [3.8, 4) is 0 Å². The summed E-state index contributed by atoms with van der Waals surface area (Å²) in [6, 6.07) is 4.22. The lowest BCUT2D eigenvalue weighted by Gasteiger charge is -2.33. The van der Waals surface area contributed by atoms with Crippen molar-refractivity contribution in [3.63, 3.8) is 0 Å². The number of piperidine rings is 1. The molecule has 1 aliphatic rings. The molecule has 1 unspecified atom stereocenters. The standard InChI is InChI=1S/C20H34N6O.HI/c1-3-22-20(24-11-7-15-26-14-5-4-8-17(26)2)25-13-12-23-19(27)18-9-6-10-21-16-18;/h6,9-10,16-17H,3-5,7-8,11-15H2,1-2H3,(H,23,27)(H2,22,24,25);1H. The van der Waals surface area contributed by atoms with Gasteiger partial charge >= 0.3 is 0 Å². The Balaban J connectivity index is 0.00000392. The molecule has 8 heteroatoms. The molecule has 158 valence electrons. The highest BCUT2D eigenvalue weighted by atomic mass is 127. The number of nitrogens with zero attached hydrogens (tertiary/aromatic N) is 3. The van der Waals surface area contributed by atoms with E-state index in [2.05, 4.69) is 44.7 Å². The number of likely N-dealkylation sites (tertiary alicyclic amines) is 1. The van der Waals surface area contributed by atoms with Gasteiger partial charge in [-0.05, 0) is 51.8 Å². The molecular weight excluding hydrogens is 467 g/mol. The van der Waals surface area contributed by atoms with Crippen LogP contribution in [0.4, 0.5) is 0 Å². The van der Waals surface area contributed by atoms with Crippen LogP contribution in [0.5, 0.6) is 0 Å². The maximum Gasteiger partial charge on any atom is 0.252 e.